The molecule has 21 heavy (non-hydrogen) atoms. The van der Waals surface area contributed by atoms with Crippen LogP contribution in [0.3, 0.4) is 0 Å². The monoisotopic (exact) mass is 300 g/mol. The number of carbonyl (C=O) groups is 1. The van der Waals surface area contributed by atoms with Crippen LogP contribution in [-0.2, 0) is 5.41 Å². The first kappa shape index (κ1) is 13.8. The Morgan fingerprint density at radius 2 is 2.10 bits per heavy atom. The maximum Gasteiger partial charge on any atom is 0.273 e. The SMILES string of the molecule is CC(C)(C)c1ccc2cc(C(=O)Nc3nncs3)[nH]c2c1. The van der Waals surface area contributed by atoms with Gasteiger partial charge in [0.05, 0.1) is 0 Å². The van der Waals surface area contributed by atoms with Gasteiger partial charge in [-0.15, -0.1) is 10.2 Å². The maximum atomic E-state index is 12.2. The Labute approximate surface area is 126 Å². The number of aromatic nitrogens is 3. The second-order valence-electron chi connectivity index (χ2n) is 5.93. The molecule has 0 aliphatic rings. The number of anilines is 1. The maximum absolute atomic E-state index is 12.2. The summed E-state index contributed by atoms with van der Waals surface area (Å²) in [6, 6.07) is 8.08. The molecule has 6 heteroatoms. The largest absolute Gasteiger partial charge is 0.351 e. The molecule has 0 bridgehead atoms. The van der Waals surface area contributed by atoms with Gasteiger partial charge in [0.25, 0.3) is 5.91 Å². The average Bonchev–Trinajstić information content (AvgIpc) is 3.04. The Morgan fingerprint density at radius 1 is 1.29 bits per heavy atom. The van der Waals surface area contributed by atoms with Crippen molar-refractivity contribution in [3.63, 3.8) is 0 Å². The van der Waals surface area contributed by atoms with Gasteiger partial charge < -0.3 is 4.98 Å². The van der Waals surface area contributed by atoms with Gasteiger partial charge in [-0.25, -0.2) is 0 Å². The first-order chi connectivity index (χ1) is 9.93. The average molecular weight is 300 g/mol. The van der Waals surface area contributed by atoms with E-state index in [0.717, 1.165) is 10.9 Å². The van der Waals surface area contributed by atoms with E-state index >= 15 is 0 Å². The van der Waals surface area contributed by atoms with Crippen molar-refractivity contribution in [2.24, 2.45) is 0 Å². The highest BCUT2D eigenvalue weighted by atomic mass is 32.1. The summed E-state index contributed by atoms with van der Waals surface area (Å²) in [6.07, 6.45) is 0. The predicted molar refractivity (Wildman–Crippen MR) is 84.9 cm³/mol. The van der Waals surface area contributed by atoms with Gasteiger partial charge >= 0.3 is 0 Å². The molecule has 1 amide bonds. The number of hydrogen-bond acceptors (Lipinski definition) is 4. The molecule has 3 aromatic rings. The number of H-pyrrole nitrogens is 1. The van der Waals surface area contributed by atoms with E-state index < -0.39 is 0 Å². The Balaban J connectivity index is 1.92. The predicted octanol–water partition coefficient (Wildman–Crippen LogP) is 3.57. The molecule has 0 saturated carbocycles. The summed E-state index contributed by atoms with van der Waals surface area (Å²) < 4.78 is 0. The van der Waals surface area contributed by atoms with Crippen molar-refractivity contribution < 1.29 is 4.79 Å². The molecular weight excluding hydrogens is 284 g/mol. The molecule has 0 aliphatic carbocycles. The zero-order valence-electron chi connectivity index (χ0n) is 12.1. The molecule has 2 heterocycles. The zero-order valence-corrected chi connectivity index (χ0v) is 12.9. The molecule has 0 unspecified atom stereocenters. The fourth-order valence-corrected chi connectivity index (χ4v) is 2.55. The molecule has 0 spiro atoms. The van der Waals surface area contributed by atoms with Crippen LogP contribution in [-0.4, -0.2) is 21.1 Å². The van der Waals surface area contributed by atoms with Gasteiger partial charge in [0.2, 0.25) is 5.13 Å². The first-order valence-corrected chi connectivity index (χ1v) is 7.52. The van der Waals surface area contributed by atoms with Gasteiger partial charge in [0, 0.05) is 10.9 Å². The highest BCUT2D eigenvalue weighted by Gasteiger charge is 2.16. The van der Waals surface area contributed by atoms with Crippen molar-refractivity contribution in [3.05, 3.63) is 41.0 Å². The topological polar surface area (TPSA) is 70.7 Å². The van der Waals surface area contributed by atoms with Crippen molar-refractivity contribution in [1.82, 2.24) is 15.2 Å². The molecule has 0 atom stereocenters. The molecule has 3 rings (SSSR count). The van der Waals surface area contributed by atoms with Gasteiger partial charge in [-0.3, -0.25) is 10.1 Å². The van der Waals surface area contributed by atoms with Crippen LogP contribution >= 0.6 is 11.3 Å². The second kappa shape index (κ2) is 4.96. The molecule has 2 N–H and O–H groups in total. The lowest BCUT2D eigenvalue weighted by atomic mass is 9.87. The van der Waals surface area contributed by atoms with Crippen LogP contribution in [0.5, 0.6) is 0 Å². The Kier molecular flexibility index (Phi) is 3.25. The number of benzene rings is 1. The standard InChI is InChI=1S/C15H16N4OS/c1-15(2,3)10-5-4-9-6-12(17-11(9)7-10)13(20)18-14-19-16-8-21-14/h4-8,17H,1-3H3,(H,18,19,20). The summed E-state index contributed by atoms with van der Waals surface area (Å²) in [7, 11) is 0. The second-order valence-corrected chi connectivity index (χ2v) is 6.77. The van der Waals surface area contributed by atoms with Gasteiger partial charge in [-0.1, -0.05) is 44.2 Å². The Bertz CT molecular complexity index is 784. The molecular formula is C15H16N4OS. The number of carbonyl (C=O) groups excluding carboxylic acids is 1. The number of rotatable bonds is 2. The van der Waals surface area contributed by atoms with Gasteiger partial charge in [0.15, 0.2) is 0 Å². The smallest absolute Gasteiger partial charge is 0.273 e. The Morgan fingerprint density at radius 3 is 2.76 bits per heavy atom. The van der Waals surface area contributed by atoms with Crippen LogP contribution in [0, 0.1) is 0 Å². The molecule has 2 aromatic heterocycles. The van der Waals surface area contributed by atoms with E-state index in [9.17, 15) is 4.79 Å². The minimum absolute atomic E-state index is 0.0777. The number of aromatic amines is 1. The van der Waals surface area contributed by atoms with E-state index in [-0.39, 0.29) is 11.3 Å². The number of hydrogen-bond donors (Lipinski definition) is 2. The third-order valence-corrected chi connectivity index (χ3v) is 3.92. The van der Waals surface area contributed by atoms with Crippen LogP contribution in [0.2, 0.25) is 0 Å². The summed E-state index contributed by atoms with van der Waals surface area (Å²) in [6.45, 7) is 6.50. The van der Waals surface area contributed by atoms with Crippen LogP contribution in [0.15, 0.2) is 29.8 Å². The summed E-state index contributed by atoms with van der Waals surface area (Å²) >= 11 is 1.29. The van der Waals surface area contributed by atoms with E-state index in [1.165, 1.54) is 16.9 Å². The van der Waals surface area contributed by atoms with Crippen LogP contribution in [0.1, 0.15) is 36.8 Å². The van der Waals surface area contributed by atoms with Crippen molar-refractivity contribution in [1.29, 1.82) is 0 Å². The minimum atomic E-state index is -0.208. The number of amides is 1. The fourth-order valence-electron chi connectivity index (χ4n) is 2.11. The number of nitrogens with zero attached hydrogens (tertiary/aromatic N) is 2. The lowest BCUT2D eigenvalue weighted by Gasteiger charge is -2.18. The quantitative estimate of drug-likeness (QED) is 0.760. The van der Waals surface area contributed by atoms with E-state index in [4.69, 9.17) is 0 Å². The number of fused-ring (bicyclic) bond motifs is 1. The van der Waals surface area contributed by atoms with Crippen molar-refractivity contribution >= 4 is 33.3 Å². The van der Waals surface area contributed by atoms with Crippen molar-refractivity contribution in [2.45, 2.75) is 26.2 Å². The molecule has 0 saturated heterocycles. The van der Waals surface area contributed by atoms with Gasteiger partial charge in [0.1, 0.15) is 11.2 Å². The zero-order chi connectivity index (χ0) is 15.0. The molecule has 0 aliphatic heterocycles. The fraction of sp³-hybridized carbons (Fsp3) is 0.267. The summed E-state index contributed by atoms with van der Waals surface area (Å²) in [5, 5.41) is 11.7. The highest BCUT2D eigenvalue weighted by Crippen LogP contribution is 2.26. The van der Waals surface area contributed by atoms with Crippen LogP contribution < -0.4 is 5.32 Å². The lowest BCUT2D eigenvalue weighted by Crippen LogP contribution is -2.12. The summed E-state index contributed by atoms with van der Waals surface area (Å²) in [5.74, 6) is -0.208. The third kappa shape index (κ3) is 2.80. The van der Waals surface area contributed by atoms with Crippen LogP contribution in [0.4, 0.5) is 5.13 Å². The highest BCUT2D eigenvalue weighted by molar-refractivity contribution is 7.13. The van der Waals surface area contributed by atoms with E-state index in [1.807, 2.05) is 12.1 Å². The minimum Gasteiger partial charge on any atom is -0.351 e. The molecule has 5 nitrogen and oxygen atoms in total. The van der Waals surface area contributed by atoms with E-state index in [2.05, 4.69) is 53.4 Å². The molecule has 108 valence electrons. The molecule has 0 radical (unpaired) electrons. The van der Waals surface area contributed by atoms with E-state index in [0.29, 0.717) is 10.8 Å². The lowest BCUT2D eigenvalue weighted by molar-refractivity contribution is 0.102. The van der Waals surface area contributed by atoms with Crippen molar-refractivity contribution in [2.75, 3.05) is 5.32 Å². The molecule has 0 fully saturated rings. The van der Waals surface area contributed by atoms with Gasteiger partial charge in [-0.2, -0.15) is 0 Å². The number of nitrogens with one attached hydrogen (secondary N) is 2. The first-order valence-electron chi connectivity index (χ1n) is 6.64. The van der Waals surface area contributed by atoms with Gasteiger partial charge in [-0.05, 0) is 23.1 Å². The van der Waals surface area contributed by atoms with Crippen LogP contribution in [0.25, 0.3) is 10.9 Å². The summed E-state index contributed by atoms with van der Waals surface area (Å²) in [4.78, 5) is 15.3. The molecule has 1 aromatic carbocycles. The third-order valence-electron chi connectivity index (χ3n) is 3.31. The van der Waals surface area contributed by atoms with E-state index in [1.54, 1.807) is 5.51 Å². The summed E-state index contributed by atoms with van der Waals surface area (Å²) in [5.41, 5.74) is 4.37. The van der Waals surface area contributed by atoms with Crippen molar-refractivity contribution in [3.8, 4) is 0 Å². The normalized spacial score (nSPS) is 11.8. The Hall–Kier alpha value is -2.21.